The maximum absolute atomic E-state index is 7.27. The molecule has 8 aromatic carbocycles. The highest BCUT2D eigenvalue weighted by Crippen LogP contribution is 2.73. The molecular formula is C58H70B4N2O2P4. The van der Waals surface area contributed by atoms with Gasteiger partial charge < -0.3 is 0 Å². The van der Waals surface area contributed by atoms with Crippen LogP contribution in [0.25, 0.3) is 0 Å². The Morgan fingerprint density at radius 1 is 0.300 bits per heavy atom. The van der Waals surface area contributed by atoms with E-state index in [-0.39, 0.29) is 54.0 Å². The van der Waals surface area contributed by atoms with Gasteiger partial charge in [-0.15, -0.1) is 14.3 Å². The van der Waals surface area contributed by atoms with Crippen LogP contribution in [0, 0.1) is 0 Å². The zero-order valence-electron chi connectivity index (χ0n) is 38.1. The fraction of sp³-hybridized carbons (Fsp3) is 0.172. The number of hydrogen-bond acceptors (Lipinski definition) is 4. The van der Waals surface area contributed by atoms with E-state index < -0.39 is 28.6 Å². The summed E-state index contributed by atoms with van der Waals surface area (Å²) in [5, 5.41) is 11.0. The third kappa shape index (κ3) is 10.2. The first-order valence-electron chi connectivity index (χ1n) is 22.7. The van der Waals surface area contributed by atoms with E-state index in [2.05, 4.69) is 279 Å². The lowest BCUT2D eigenvalue weighted by Gasteiger charge is -2.41. The fourth-order valence-corrected chi connectivity index (χ4v) is 19.6. The van der Waals surface area contributed by atoms with Crippen LogP contribution in [0.1, 0.15) is 23.2 Å². The Morgan fingerprint density at radius 2 is 0.514 bits per heavy atom. The van der Waals surface area contributed by atoms with Gasteiger partial charge in [0.15, 0.2) is 11.7 Å². The Morgan fingerprint density at radius 3 is 0.771 bits per heavy atom. The van der Waals surface area contributed by atoms with Crippen LogP contribution in [-0.2, 0) is 9.68 Å². The molecule has 356 valence electrons. The predicted molar refractivity (Wildman–Crippen MR) is 329 cm³/mol. The van der Waals surface area contributed by atoms with Gasteiger partial charge >= 0.3 is 0 Å². The second kappa shape index (κ2) is 21.5. The largest absolute Gasteiger partial charge is 0.238 e. The molecule has 0 saturated carbocycles. The van der Waals surface area contributed by atoms with Crippen LogP contribution in [-0.4, -0.2) is 79.9 Å². The summed E-state index contributed by atoms with van der Waals surface area (Å²) in [5.74, 6) is 0.567. The minimum atomic E-state index is -1.38. The van der Waals surface area contributed by atoms with Gasteiger partial charge in [0.2, 0.25) is 0 Å². The van der Waals surface area contributed by atoms with E-state index >= 15 is 0 Å². The first-order chi connectivity index (χ1) is 33.8. The average molecular weight is 994 g/mol. The van der Waals surface area contributed by atoms with Crippen LogP contribution in [0.2, 0.25) is 0 Å². The van der Waals surface area contributed by atoms with Gasteiger partial charge in [0.25, 0.3) is 0 Å². The number of rotatable bonds is 12. The van der Waals surface area contributed by atoms with Gasteiger partial charge in [-0.2, -0.15) is 0 Å². The van der Waals surface area contributed by atoms with Crippen LogP contribution < -0.4 is 31.3 Å². The summed E-state index contributed by atoms with van der Waals surface area (Å²) < 4.78 is 0. The number of anilines is 2. The van der Waals surface area contributed by atoms with E-state index in [1.807, 2.05) is 0 Å². The summed E-state index contributed by atoms with van der Waals surface area (Å²) in [5.41, 5.74) is 6.16. The summed E-state index contributed by atoms with van der Waals surface area (Å²) in [6.45, 7) is 10.5. The molecule has 0 spiro atoms. The Bertz CT molecular complexity index is 2680. The molecule has 70 heavy (non-hydrogen) atoms. The van der Waals surface area contributed by atoms with Crippen LogP contribution in [0.4, 0.5) is 11.4 Å². The lowest BCUT2D eigenvalue weighted by Crippen LogP contribution is -2.37. The number of hydrogen-bond donors (Lipinski definition) is 0. The highest BCUT2D eigenvalue weighted by atomic mass is 31.2. The van der Waals surface area contributed by atoms with Crippen molar-refractivity contribution in [2.75, 3.05) is 36.8 Å². The molecular weight excluding hydrogens is 924 g/mol. The number of para-hydroxylation sites is 2. The van der Waals surface area contributed by atoms with Crippen molar-refractivity contribution in [3.8, 4) is 0 Å². The van der Waals surface area contributed by atoms with Crippen molar-refractivity contribution < 1.29 is 9.68 Å². The molecule has 2 heterocycles. The molecule has 0 aromatic heterocycles. The van der Waals surface area contributed by atoms with Crippen LogP contribution in [0.3, 0.4) is 0 Å². The predicted octanol–water partition coefficient (Wildman–Crippen LogP) is 8.76. The van der Waals surface area contributed by atoms with Gasteiger partial charge in [-0.3, -0.25) is 0 Å². The summed E-state index contributed by atoms with van der Waals surface area (Å²) in [4.78, 5) is 14.5. The molecule has 0 aliphatic carbocycles. The van der Waals surface area contributed by atoms with E-state index in [4.69, 9.17) is 9.68 Å². The van der Waals surface area contributed by atoms with Crippen LogP contribution in [0.15, 0.2) is 243 Å². The third-order valence-corrected chi connectivity index (χ3v) is 23.0. The topological polar surface area (TPSA) is 24.9 Å². The van der Waals surface area contributed by atoms with Crippen molar-refractivity contribution in [1.29, 1.82) is 0 Å². The zero-order valence-corrected chi connectivity index (χ0v) is 41.6. The second-order valence-corrected chi connectivity index (χ2v) is 26.0. The second-order valence-electron chi connectivity index (χ2n) is 16.8. The van der Waals surface area contributed by atoms with Crippen molar-refractivity contribution in [2.45, 2.75) is 35.1 Å². The molecule has 4 nitrogen and oxygen atoms in total. The molecule has 10 atom stereocenters. The van der Waals surface area contributed by atoms with Gasteiger partial charge in [-0.1, -0.05) is 184 Å². The minimum Gasteiger partial charge on any atom is -0.238 e. The van der Waals surface area contributed by atoms with Gasteiger partial charge in [0, 0.05) is 37.3 Å². The zero-order chi connectivity index (χ0) is 48.9. The number of benzene rings is 8. The summed E-state index contributed by atoms with van der Waals surface area (Å²) in [7, 11) is -5.28. The molecule has 12 heteroatoms. The highest BCUT2D eigenvalue weighted by molar-refractivity contribution is 8.07. The summed E-state index contributed by atoms with van der Waals surface area (Å²) in [6.07, 6.45) is 0. The first kappa shape index (κ1) is 50.2. The average Bonchev–Trinajstić information content (AvgIpc) is 4.04. The van der Waals surface area contributed by atoms with Gasteiger partial charge in [0.05, 0.1) is 22.0 Å². The van der Waals surface area contributed by atoms with Gasteiger partial charge in [-0.25, -0.2) is 19.8 Å². The van der Waals surface area contributed by atoms with Gasteiger partial charge in [-0.05, 0) is 83.9 Å². The fourth-order valence-electron chi connectivity index (χ4n) is 9.33. The monoisotopic (exact) mass is 994 g/mol. The van der Waals surface area contributed by atoms with Crippen molar-refractivity contribution in [2.24, 2.45) is 0 Å². The molecule has 2 saturated heterocycles. The smallest absolute Gasteiger partial charge is 0.190 e. The van der Waals surface area contributed by atoms with E-state index in [1.54, 1.807) is 21.2 Å². The first-order valence-corrected chi connectivity index (χ1v) is 30.1. The van der Waals surface area contributed by atoms with E-state index in [0.29, 0.717) is 11.3 Å². The van der Waals surface area contributed by atoms with Crippen LogP contribution >= 0.6 is 28.6 Å². The molecule has 2 aliphatic heterocycles. The molecule has 0 radical (unpaired) electrons. The standard InChI is InChI=1S/2C29H35B2NOP2/c2*1-34(30,25-19-11-5-12-20-25)28-27(23-15-7-3-8-16-23)32(24-17-9-4-10-18-24)33-29(28)35(2,31)26-21-13-6-14-22-26/h2*3-22,27-29H,1-2,30-31H3/t2*27-,28-,29+,34?,35?/m11/s1. The Hall–Kier alpha value is -4.74. The summed E-state index contributed by atoms with van der Waals surface area (Å²) in [6, 6.07) is 90.1. The molecule has 10 rings (SSSR count). The van der Waals surface area contributed by atoms with Crippen LogP contribution in [0.5, 0.6) is 0 Å². The summed E-state index contributed by atoms with van der Waals surface area (Å²) >= 11 is 0. The molecule has 0 bridgehead atoms. The highest BCUT2D eigenvalue weighted by Gasteiger charge is 2.61. The Kier molecular flexibility index (Phi) is 15.5. The van der Waals surface area contributed by atoms with E-state index in [0.717, 1.165) is 0 Å². The van der Waals surface area contributed by atoms with E-state index in [1.165, 1.54) is 22.5 Å². The normalized spacial score (nSPS) is 23.4. The lowest BCUT2D eigenvalue weighted by molar-refractivity contribution is 0.135. The van der Waals surface area contributed by atoms with Crippen molar-refractivity contribution in [3.63, 3.8) is 0 Å². The van der Waals surface area contributed by atoms with Crippen molar-refractivity contribution in [1.82, 2.24) is 0 Å². The molecule has 0 amide bonds. The Labute approximate surface area is 424 Å². The minimum absolute atomic E-state index is 0.0344. The molecule has 2 fully saturated rings. The molecule has 2 aliphatic rings. The van der Waals surface area contributed by atoms with E-state index in [9.17, 15) is 0 Å². The maximum Gasteiger partial charge on any atom is 0.190 e. The van der Waals surface area contributed by atoms with Gasteiger partial charge in [0.1, 0.15) is 53.7 Å². The molecule has 8 aromatic rings. The SMILES string of the molecule is [BH3-][P+](C)(c1ccccc1)[C@@H]1[C@@H](c2ccccc2)N(c2ccccc2)O[C@H]1[P+]([BH3-])(C)c1ccccc1.[BH3-][P+](C)(c1ccccc1)[C@@H]1[C@@H](c2ccccc2)N(c2ccccc2)O[C@H]1[P+]([BH3-])(C)c1ccccc1. The molecule has 0 N–H and O–H groups in total. The number of nitrogens with zero attached hydrogens (tertiary/aromatic N) is 2. The quantitative estimate of drug-likeness (QED) is 0.0904. The lowest BCUT2D eigenvalue weighted by atomic mass is 10.0. The maximum atomic E-state index is 7.27. The number of hydroxylamine groups is 2. The molecule has 4 unspecified atom stereocenters. The third-order valence-electron chi connectivity index (χ3n) is 12.8. The Balaban J connectivity index is 0.000000174. The van der Waals surface area contributed by atoms with Crippen molar-refractivity contribution in [3.05, 3.63) is 254 Å². The van der Waals surface area contributed by atoms with Crippen molar-refractivity contribution >= 4 is 91.4 Å².